The van der Waals surface area contributed by atoms with Gasteiger partial charge in [-0.1, -0.05) is 24.8 Å². The average molecular weight is 292 g/mol. The Balaban J connectivity index is 1.71. The Bertz CT molecular complexity index is 845. The van der Waals surface area contributed by atoms with Gasteiger partial charge in [0.15, 0.2) is 5.78 Å². The third-order valence-electron chi connectivity index (χ3n) is 3.89. The maximum atomic E-state index is 11.5. The summed E-state index contributed by atoms with van der Waals surface area (Å²) in [6.07, 6.45) is 1.37. The van der Waals surface area contributed by atoms with Gasteiger partial charge >= 0.3 is 0 Å². The van der Waals surface area contributed by atoms with Gasteiger partial charge in [-0.05, 0) is 43.2 Å². The van der Waals surface area contributed by atoms with Gasteiger partial charge in [-0.3, -0.25) is 4.79 Å². The molecule has 3 aromatic rings. The molecule has 0 saturated carbocycles. The lowest BCUT2D eigenvalue weighted by Crippen LogP contribution is -2.05. The van der Waals surface area contributed by atoms with Gasteiger partial charge in [0, 0.05) is 40.5 Å². The summed E-state index contributed by atoms with van der Waals surface area (Å²) >= 11 is 0. The van der Waals surface area contributed by atoms with Crippen molar-refractivity contribution in [3.63, 3.8) is 0 Å². The van der Waals surface area contributed by atoms with Gasteiger partial charge in [0.1, 0.15) is 0 Å². The highest BCUT2D eigenvalue weighted by Crippen LogP contribution is 2.27. The second-order valence-electron chi connectivity index (χ2n) is 5.66. The number of hydrogen-bond donors (Lipinski definition) is 2. The van der Waals surface area contributed by atoms with Crippen molar-refractivity contribution in [1.82, 2.24) is 4.98 Å². The summed E-state index contributed by atoms with van der Waals surface area (Å²) in [6, 6.07) is 14.6. The van der Waals surface area contributed by atoms with Crippen molar-refractivity contribution in [2.45, 2.75) is 19.8 Å². The number of anilines is 1. The second kappa shape index (κ2) is 6.06. The van der Waals surface area contributed by atoms with Crippen molar-refractivity contribution < 1.29 is 4.79 Å². The van der Waals surface area contributed by atoms with Crippen LogP contribution in [0.3, 0.4) is 0 Å². The van der Waals surface area contributed by atoms with E-state index in [1.807, 2.05) is 6.07 Å². The number of nitrogens with one attached hydrogen (secondary N) is 2. The fourth-order valence-corrected chi connectivity index (χ4v) is 2.65. The number of allylic oxidation sites excluding steroid dienone is 1. The van der Waals surface area contributed by atoms with Crippen LogP contribution in [0.2, 0.25) is 0 Å². The van der Waals surface area contributed by atoms with Gasteiger partial charge in [0.25, 0.3) is 0 Å². The van der Waals surface area contributed by atoms with Gasteiger partial charge in [0.2, 0.25) is 0 Å². The van der Waals surface area contributed by atoms with E-state index in [1.165, 1.54) is 10.8 Å². The van der Waals surface area contributed by atoms with Crippen LogP contribution >= 0.6 is 0 Å². The summed E-state index contributed by atoms with van der Waals surface area (Å²) in [5.74, 6) is 0.147. The Labute approximate surface area is 130 Å². The molecule has 3 nitrogen and oxygen atoms in total. The Morgan fingerprint density at radius 1 is 1.14 bits per heavy atom. The summed E-state index contributed by atoms with van der Waals surface area (Å²) in [6.45, 7) is 6.22. The van der Waals surface area contributed by atoms with E-state index in [-0.39, 0.29) is 5.78 Å². The summed E-state index contributed by atoms with van der Waals surface area (Å²) < 4.78 is 0. The zero-order valence-corrected chi connectivity index (χ0v) is 12.8. The summed E-state index contributed by atoms with van der Waals surface area (Å²) in [7, 11) is 0. The van der Waals surface area contributed by atoms with Crippen LogP contribution in [0.1, 0.15) is 19.8 Å². The number of Topliss-reactive ketones (excluding diaryl/α,β-unsaturated/α-hetero) is 1. The van der Waals surface area contributed by atoms with Crippen LogP contribution in [0.25, 0.3) is 21.8 Å². The maximum absolute atomic E-state index is 11.5. The minimum atomic E-state index is 0.147. The zero-order chi connectivity index (χ0) is 15.5. The van der Waals surface area contributed by atoms with E-state index < -0.39 is 0 Å². The number of rotatable bonds is 6. The van der Waals surface area contributed by atoms with E-state index >= 15 is 0 Å². The minimum Gasteiger partial charge on any atom is -0.385 e. The van der Waals surface area contributed by atoms with Crippen molar-refractivity contribution in [3.8, 4) is 0 Å². The van der Waals surface area contributed by atoms with Crippen molar-refractivity contribution in [2.24, 2.45) is 0 Å². The number of benzene rings is 2. The smallest absolute Gasteiger partial charge is 0.158 e. The lowest BCUT2D eigenvalue weighted by molar-refractivity contribution is -0.115. The SMILES string of the molecule is C=C(C)C(=O)CCCNc1ccc2[nH]c3ccccc3c2c1. The Morgan fingerprint density at radius 3 is 2.73 bits per heavy atom. The van der Waals surface area contributed by atoms with E-state index in [0.29, 0.717) is 12.0 Å². The Morgan fingerprint density at radius 2 is 1.91 bits per heavy atom. The molecular weight excluding hydrogens is 272 g/mol. The van der Waals surface area contributed by atoms with Crippen molar-refractivity contribution in [1.29, 1.82) is 0 Å². The van der Waals surface area contributed by atoms with E-state index in [0.717, 1.165) is 29.7 Å². The van der Waals surface area contributed by atoms with Gasteiger partial charge in [-0.25, -0.2) is 0 Å². The number of ketones is 1. The van der Waals surface area contributed by atoms with Crippen LogP contribution in [0.4, 0.5) is 5.69 Å². The number of aromatic amines is 1. The number of aromatic nitrogens is 1. The van der Waals surface area contributed by atoms with Crippen molar-refractivity contribution in [2.75, 3.05) is 11.9 Å². The molecule has 112 valence electrons. The van der Waals surface area contributed by atoms with E-state index in [1.54, 1.807) is 6.92 Å². The molecule has 2 aromatic carbocycles. The zero-order valence-electron chi connectivity index (χ0n) is 12.8. The monoisotopic (exact) mass is 292 g/mol. The highest BCUT2D eigenvalue weighted by Gasteiger charge is 2.05. The van der Waals surface area contributed by atoms with E-state index in [4.69, 9.17) is 0 Å². The Kier molecular flexibility index (Phi) is 3.96. The molecular formula is C19H20N2O. The molecule has 0 unspecified atom stereocenters. The molecule has 0 aliphatic heterocycles. The number of H-pyrrole nitrogens is 1. The van der Waals surface area contributed by atoms with Crippen LogP contribution in [0.5, 0.6) is 0 Å². The number of hydrogen-bond acceptors (Lipinski definition) is 2. The number of carbonyl (C=O) groups excluding carboxylic acids is 1. The molecule has 0 radical (unpaired) electrons. The summed E-state index contributed by atoms with van der Waals surface area (Å²) in [4.78, 5) is 14.9. The molecule has 22 heavy (non-hydrogen) atoms. The average Bonchev–Trinajstić information content (AvgIpc) is 2.89. The minimum absolute atomic E-state index is 0.147. The first kappa shape index (κ1) is 14.4. The lowest BCUT2D eigenvalue weighted by Gasteiger charge is -2.06. The largest absolute Gasteiger partial charge is 0.385 e. The van der Waals surface area contributed by atoms with Gasteiger partial charge in [-0.15, -0.1) is 0 Å². The van der Waals surface area contributed by atoms with Crippen LogP contribution < -0.4 is 5.32 Å². The van der Waals surface area contributed by atoms with Crippen molar-refractivity contribution in [3.05, 3.63) is 54.6 Å². The highest BCUT2D eigenvalue weighted by molar-refractivity contribution is 6.08. The molecule has 2 N–H and O–H groups in total. The number of para-hydroxylation sites is 1. The molecule has 0 saturated heterocycles. The molecule has 1 aromatic heterocycles. The standard InChI is InChI=1S/C19H20N2O/c1-13(2)19(22)8-5-11-20-14-9-10-18-16(12-14)15-6-3-4-7-17(15)21-18/h3-4,6-7,9-10,12,20-21H,1,5,8,11H2,2H3. The first-order chi connectivity index (χ1) is 10.6. The van der Waals surface area contributed by atoms with E-state index in [9.17, 15) is 4.79 Å². The number of fused-ring (bicyclic) bond motifs is 3. The predicted octanol–water partition coefficient (Wildman–Crippen LogP) is 4.66. The maximum Gasteiger partial charge on any atom is 0.158 e. The molecule has 0 aliphatic rings. The first-order valence-electron chi connectivity index (χ1n) is 7.58. The fourth-order valence-electron chi connectivity index (χ4n) is 2.65. The van der Waals surface area contributed by atoms with Crippen molar-refractivity contribution >= 4 is 33.3 Å². The molecule has 3 heteroatoms. The molecule has 1 heterocycles. The molecule has 0 fully saturated rings. The van der Waals surface area contributed by atoms with Gasteiger partial charge in [0.05, 0.1) is 0 Å². The molecule has 3 rings (SSSR count). The third kappa shape index (κ3) is 2.89. The van der Waals surface area contributed by atoms with Crippen LogP contribution in [-0.2, 0) is 4.79 Å². The second-order valence-corrected chi connectivity index (χ2v) is 5.66. The topological polar surface area (TPSA) is 44.9 Å². The first-order valence-corrected chi connectivity index (χ1v) is 7.58. The van der Waals surface area contributed by atoms with Crippen LogP contribution in [0, 0.1) is 0 Å². The quantitative estimate of drug-likeness (QED) is 0.512. The van der Waals surface area contributed by atoms with Crippen LogP contribution in [-0.4, -0.2) is 17.3 Å². The van der Waals surface area contributed by atoms with Crippen LogP contribution in [0.15, 0.2) is 54.6 Å². The van der Waals surface area contributed by atoms with E-state index in [2.05, 4.69) is 53.3 Å². The normalized spacial score (nSPS) is 11.0. The molecule has 0 atom stereocenters. The lowest BCUT2D eigenvalue weighted by atomic mass is 10.1. The summed E-state index contributed by atoms with van der Waals surface area (Å²) in [5.41, 5.74) is 4.02. The molecule has 0 spiro atoms. The Hall–Kier alpha value is -2.55. The predicted molar refractivity (Wildman–Crippen MR) is 93.3 cm³/mol. The highest BCUT2D eigenvalue weighted by atomic mass is 16.1. The van der Waals surface area contributed by atoms with Gasteiger partial charge in [-0.2, -0.15) is 0 Å². The molecule has 0 amide bonds. The number of carbonyl (C=O) groups is 1. The fraction of sp³-hybridized carbons (Fsp3) is 0.211. The molecule has 0 aliphatic carbocycles. The van der Waals surface area contributed by atoms with Gasteiger partial charge < -0.3 is 10.3 Å². The third-order valence-corrected chi connectivity index (χ3v) is 3.89. The summed E-state index contributed by atoms with van der Waals surface area (Å²) in [5, 5.41) is 5.85. The molecule has 0 bridgehead atoms.